The number of carbonyl (C=O) groups is 2. The van der Waals surface area contributed by atoms with Crippen molar-refractivity contribution >= 4 is 17.5 Å². The maximum atomic E-state index is 12.4. The van der Waals surface area contributed by atoms with E-state index >= 15 is 0 Å². The van der Waals surface area contributed by atoms with Crippen LogP contribution < -0.4 is 10.1 Å². The van der Waals surface area contributed by atoms with Crippen molar-refractivity contribution in [2.75, 3.05) is 32.1 Å². The predicted octanol–water partition coefficient (Wildman–Crippen LogP) is 2.83. The number of ether oxygens (including phenoxy) is 2. The minimum absolute atomic E-state index is 0.0188. The molecule has 1 aliphatic heterocycles. The maximum Gasteiger partial charge on any atom is 0.260 e. The molecule has 0 aliphatic carbocycles. The number of hydrogen-bond acceptors (Lipinski definition) is 4. The van der Waals surface area contributed by atoms with E-state index in [9.17, 15) is 9.59 Å². The fraction of sp³-hybridized carbons (Fsp3) is 0.579. The molecule has 0 unspecified atom stereocenters. The van der Waals surface area contributed by atoms with Gasteiger partial charge < -0.3 is 19.7 Å². The molecule has 1 N–H and O–H groups in total. The van der Waals surface area contributed by atoms with Gasteiger partial charge in [0.15, 0.2) is 6.61 Å². The van der Waals surface area contributed by atoms with E-state index in [1.165, 1.54) is 0 Å². The van der Waals surface area contributed by atoms with Gasteiger partial charge in [-0.1, -0.05) is 13.3 Å². The lowest BCUT2D eigenvalue weighted by Crippen LogP contribution is -2.41. The smallest absolute Gasteiger partial charge is 0.260 e. The molecule has 0 bridgehead atoms. The number of rotatable bonds is 8. The number of nitrogens with zero attached hydrogens (tertiary/aromatic N) is 1. The molecule has 0 radical (unpaired) electrons. The first-order chi connectivity index (χ1) is 12.0. The second kappa shape index (κ2) is 8.85. The lowest BCUT2D eigenvalue weighted by Gasteiger charge is -2.26. The van der Waals surface area contributed by atoms with Crippen LogP contribution in [0.25, 0.3) is 0 Å². The standard InChI is InChI=1S/C19H28N2O4/c1-4-11-19(2,24-3)18(23)20-15-7-9-16(10-8-15)25-14-17(22)21-12-5-6-13-21/h7-10H,4-6,11-14H2,1-3H3,(H,20,23)/t19-/m0/s1. The predicted molar refractivity (Wildman–Crippen MR) is 96.7 cm³/mol. The van der Waals surface area contributed by atoms with Crippen LogP contribution in [0.2, 0.25) is 0 Å². The van der Waals surface area contributed by atoms with Crippen LogP contribution >= 0.6 is 0 Å². The minimum Gasteiger partial charge on any atom is -0.484 e. The Kier molecular flexibility index (Phi) is 6.82. The van der Waals surface area contributed by atoms with E-state index in [0.29, 0.717) is 17.9 Å². The van der Waals surface area contributed by atoms with Crippen LogP contribution in [0.1, 0.15) is 39.5 Å². The summed E-state index contributed by atoms with van der Waals surface area (Å²) in [5, 5.41) is 2.86. The molecule has 1 aliphatic rings. The van der Waals surface area contributed by atoms with Gasteiger partial charge in [-0.25, -0.2) is 0 Å². The van der Waals surface area contributed by atoms with E-state index < -0.39 is 5.60 Å². The van der Waals surface area contributed by atoms with E-state index in [4.69, 9.17) is 9.47 Å². The van der Waals surface area contributed by atoms with Crippen LogP contribution in [0, 0.1) is 0 Å². The van der Waals surface area contributed by atoms with Gasteiger partial charge in [-0.05, 0) is 50.5 Å². The molecule has 1 fully saturated rings. The summed E-state index contributed by atoms with van der Waals surface area (Å²) in [6.07, 6.45) is 3.64. The largest absolute Gasteiger partial charge is 0.484 e. The van der Waals surface area contributed by atoms with Crippen LogP contribution in [0.15, 0.2) is 24.3 Å². The van der Waals surface area contributed by atoms with Gasteiger partial charge in [0.05, 0.1) is 0 Å². The van der Waals surface area contributed by atoms with Gasteiger partial charge in [-0.15, -0.1) is 0 Å². The van der Waals surface area contributed by atoms with Crippen LogP contribution in [0.3, 0.4) is 0 Å². The SMILES string of the molecule is CCC[C@](C)(OC)C(=O)Nc1ccc(OCC(=O)N2CCCC2)cc1. The van der Waals surface area contributed by atoms with Crippen molar-refractivity contribution in [2.24, 2.45) is 0 Å². The average Bonchev–Trinajstić information content (AvgIpc) is 3.15. The van der Waals surface area contributed by atoms with Gasteiger partial charge >= 0.3 is 0 Å². The van der Waals surface area contributed by atoms with E-state index in [0.717, 1.165) is 32.4 Å². The van der Waals surface area contributed by atoms with Crippen molar-refractivity contribution in [3.8, 4) is 5.75 Å². The fourth-order valence-electron chi connectivity index (χ4n) is 2.89. The maximum absolute atomic E-state index is 12.4. The van der Waals surface area contributed by atoms with Gasteiger partial charge in [0.1, 0.15) is 11.4 Å². The molecule has 25 heavy (non-hydrogen) atoms. The molecule has 1 aromatic rings. The highest BCUT2D eigenvalue weighted by molar-refractivity contribution is 5.97. The molecule has 6 nitrogen and oxygen atoms in total. The van der Waals surface area contributed by atoms with Gasteiger partial charge in [-0.2, -0.15) is 0 Å². The van der Waals surface area contributed by atoms with E-state index in [-0.39, 0.29) is 18.4 Å². The van der Waals surface area contributed by atoms with Gasteiger partial charge in [0, 0.05) is 25.9 Å². The molecule has 2 rings (SSSR count). The van der Waals surface area contributed by atoms with Crippen molar-refractivity contribution in [3.63, 3.8) is 0 Å². The van der Waals surface area contributed by atoms with E-state index in [2.05, 4.69) is 5.32 Å². The lowest BCUT2D eigenvalue weighted by molar-refractivity contribution is -0.136. The van der Waals surface area contributed by atoms with Crippen molar-refractivity contribution in [1.82, 2.24) is 4.90 Å². The number of benzene rings is 1. The third kappa shape index (κ3) is 5.19. The molecular weight excluding hydrogens is 320 g/mol. The number of hydrogen-bond donors (Lipinski definition) is 1. The number of anilines is 1. The van der Waals surface area contributed by atoms with Crippen LogP contribution in [-0.2, 0) is 14.3 Å². The van der Waals surface area contributed by atoms with Gasteiger partial charge in [-0.3, -0.25) is 9.59 Å². The Bertz CT molecular complexity index is 582. The summed E-state index contributed by atoms with van der Waals surface area (Å²) >= 11 is 0. The molecule has 6 heteroatoms. The molecule has 1 heterocycles. The number of likely N-dealkylation sites (tertiary alicyclic amines) is 1. The normalized spacial score (nSPS) is 16.4. The monoisotopic (exact) mass is 348 g/mol. The first-order valence-electron chi connectivity index (χ1n) is 8.86. The molecule has 0 aromatic heterocycles. The molecule has 2 amide bonds. The third-order valence-electron chi connectivity index (χ3n) is 4.59. The van der Waals surface area contributed by atoms with Crippen LogP contribution in [0.4, 0.5) is 5.69 Å². The van der Waals surface area contributed by atoms with E-state index in [1.54, 1.807) is 38.3 Å². The second-order valence-electron chi connectivity index (χ2n) is 6.54. The molecule has 138 valence electrons. The van der Waals surface area contributed by atoms with Crippen molar-refractivity contribution < 1.29 is 19.1 Å². The molecule has 0 saturated carbocycles. The van der Waals surface area contributed by atoms with Crippen LogP contribution in [-0.4, -0.2) is 49.1 Å². The van der Waals surface area contributed by atoms with Gasteiger partial charge in [0.25, 0.3) is 11.8 Å². The highest BCUT2D eigenvalue weighted by Crippen LogP contribution is 2.21. The highest BCUT2D eigenvalue weighted by Gasteiger charge is 2.32. The number of amides is 2. The summed E-state index contributed by atoms with van der Waals surface area (Å²) in [7, 11) is 1.55. The van der Waals surface area contributed by atoms with Gasteiger partial charge in [0.2, 0.25) is 0 Å². The summed E-state index contributed by atoms with van der Waals surface area (Å²) in [6, 6.07) is 7.01. The molecule has 1 saturated heterocycles. The van der Waals surface area contributed by atoms with E-state index in [1.807, 2.05) is 11.8 Å². The minimum atomic E-state index is -0.841. The molecule has 0 spiro atoms. The van der Waals surface area contributed by atoms with Crippen molar-refractivity contribution in [3.05, 3.63) is 24.3 Å². The highest BCUT2D eigenvalue weighted by atomic mass is 16.5. The first-order valence-corrected chi connectivity index (χ1v) is 8.86. The Balaban J connectivity index is 1.86. The molecule has 1 atom stereocenters. The number of nitrogens with one attached hydrogen (secondary N) is 1. The average molecular weight is 348 g/mol. The summed E-state index contributed by atoms with van der Waals surface area (Å²) in [4.78, 5) is 26.2. The second-order valence-corrected chi connectivity index (χ2v) is 6.54. The summed E-state index contributed by atoms with van der Waals surface area (Å²) in [5.41, 5.74) is -0.172. The zero-order chi connectivity index (χ0) is 18.3. The Morgan fingerprint density at radius 1 is 1.20 bits per heavy atom. The summed E-state index contributed by atoms with van der Waals surface area (Å²) in [6.45, 7) is 5.49. The zero-order valence-corrected chi connectivity index (χ0v) is 15.3. The Labute approximate surface area is 149 Å². The summed E-state index contributed by atoms with van der Waals surface area (Å²) < 4.78 is 10.9. The fourth-order valence-corrected chi connectivity index (χ4v) is 2.89. The first kappa shape index (κ1) is 19.2. The lowest BCUT2D eigenvalue weighted by atomic mass is 9.99. The molecule has 1 aromatic carbocycles. The molecular formula is C19H28N2O4. The Morgan fingerprint density at radius 2 is 1.84 bits per heavy atom. The third-order valence-corrected chi connectivity index (χ3v) is 4.59. The van der Waals surface area contributed by atoms with Crippen molar-refractivity contribution in [1.29, 1.82) is 0 Å². The topological polar surface area (TPSA) is 67.9 Å². The zero-order valence-electron chi connectivity index (χ0n) is 15.3. The quantitative estimate of drug-likeness (QED) is 0.784. The number of carbonyl (C=O) groups excluding carboxylic acids is 2. The number of methoxy groups -OCH3 is 1. The Morgan fingerprint density at radius 3 is 2.40 bits per heavy atom. The Hall–Kier alpha value is -2.08. The van der Waals surface area contributed by atoms with Crippen molar-refractivity contribution in [2.45, 2.75) is 45.1 Å². The van der Waals surface area contributed by atoms with Crippen LogP contribution in [0.5, 0.6) is 5.75 Å². The summed E-state index contributed by atoms with van der Waals surface area (Å²) in [5.74, 6) is 0.452.